The Hall–Kier alpha value is -3.72. The smallest absolute Gasteiger partial charge is 0.408 e. The number of rotatable bonds is 15. The van der Waals surface area contributed by atoms with Crippen LogP contribution in [0, 0.1) is 5.92 Å². The number of Topliss-reactive ketones (excluding diaryl/α,β-unsaturated/α-hetero) is 1. The average molecular weight is 525 g/mol. The van der Waals surface area contributed by atoms with Gasteiger partial charge in [-0.1, -0.05) is 74.5 Å². The van der Waals surface area contributed by atoms with E-state index >= 15 is 0 Å². The van der Waals surface area contributed by atoms with Gasteiger partial charge in [-0.15, -0.1) is 0 Å². The summed E-state index contributed by atoms with van der Waals surface area (Å²) in [6.45, 7) is 5.02. The zero-order valence-electron chi connectivity index (χ0n) is 22.7. The third-order valence-corrected chi connectivity index (χ3v) is 5.74. The number of nitrogens with one attached hydrogen (secondary N) is 3. The zero-order valence-corrected chi connectivity index (χ0v) is 22.7. The SMILES string of the molecule is CC(C)C[C@H](NC(=O)OCc1ccccc1)C(=O)NC(Cc1ccccc1)C(=O)C(=O)NCCCN(C)C. The topological polar surface area (TPSA) is 117 Å². The minimum Gasteiger partial charge on any atom is -0.445 e. The standard InChI is InChI=1S/C29H40N4O5/c1-21(2)18-25(32-29(37)38-20-23-14-9-6-10-15-23)27(35)31-24(19-22-12-7-5-8-13-22)26(34)28(36)30-16-11-17-33(3)4/h5-10,12-15,21,24-25H,11,16-20H2,1-4H3,(H,30,36)(H,31,35)(H,32,37)/t24?,25-/m0/s1. The van der Waals surface area contributed by atoms with Crippen molar-refractivity contribution in [2.45, 2.75) is 51.8 Å². The van der Waals surface area contributed by atoms with Crippen LogP contribution in [0.2, 0.25) is 0 Å². The summed E-state index contributed by atoms with van der Waals surface area (Å²) >= 11 is 0. The van der Waals surface area contributed by atoms with Gasteiger partial charge < -0.3 is 25.6 Å². The van der Waals surface area contributed by atoms with Gasteiger partial charge in [-0.2, -0.15) is 0 Å². The fourth-order valence-corrected chi connectivity index (χ4v) is 3.78. The molecule has 9 nitrogen and oxygen atoms in total. The highest BCUT2D eigenvalue weighted by Crippen LogP contribution is 2.09. The second-order valence-electron chi connectivity index (χ2n) is 9.92. The molecule has 0 aliphatic heterocycles. The predicted molar refractivity (Wildman–Crippen MR) is 146 cm³/mol. The molecule has 206 valence electrons. The van der Waals surface area contributed by atoms with Gasteiger partial charge in [0.25, 0.3) is 5.91 Å². The van der Waals surface area contributed by atoms with Gasteiger partial charge in [0.2, 0.25) is 11.7 Å². The highest BCUT2D eigenvalue weighted by atomic mass is 16.5. The lowest BCUT2D eigenvalue weighted by atomic mass is 9.99. The Bertz CT molecular complexity index is 1030. The quantitative estimate of drug-likeness (QED) is 0.244. The van der Waals surface area contributed by atoms with E-state index in [1.165, 1.54) is 0 Å². The van der Waals surface area contributed by atoms with E-state index in [-0.39, 0.29) is 18.9 Å². The molecule has 0 aliphatic carbocycles. The number of alkyl carbamates (subject to hydrolysis) is 1. The van der Waals surface area contributed by atoms with Gasteiger partial charge in [-0.3, -0.25) is 14.4 Å². The lowest BCUT2D eigenvalue weighted by Gasteiger charge is -2.24. The Labute approximate surface area is 225 Å². The maximum atomic E-state index is 13.3. The zero-order chi connectivity index (χ0) is 27.9. The molecule has 0 heterocycles. The molecule has 0 bridgehead atoms. The normalized spacial score (nSPS) is 12.5. The van der Waals surface area contributed by atoms with E-state index in [0.717, 1.165) is 17.7 Å². The molecule has 38 heavy (non-hydrogen) atoms. The van der Waals surface area contributed by atoms with Crippen molar-refractivity contribution in [3.05, 3.63) is 71.8 Å². The van der Waals surface area contributed by atoms with E-state index in [0.29, 0.717) is 19.4 Å². The molecule has 2 rings (SSSR count). The molecule has 0 spiro atoms. The third kappa shape index (κ3) is 11.6. The van der Waals surface area contributed by atoms with E-state index in [9.17, 15) is 19.2 Å². The predicted octanol–water partition coefficient (Wildman–Crippen LogP) is 2.69. The van der Waals surface area contributed by atoms with E-state index < -0.39 is 35.8 Å². The molecule has 0 saturated heterocycles. The van der Waals surface area contributed by atoms with Crippen LogP contribution in [0.25, 0.3) is 0 Å². The number of hydrogen-bond donors (Lipinski definition) is 3. The van der Waals surface area contributed by atoms with Crippen molar-refractivity contribution in [2.75, 3.05) is 27.2 Å². The Morgan fingerprint density at radius 3 is 2.03 bits per heavy atom. The van der Waals surface area contributed by atoms with Crippen molar-refractivity contribution in [1.29, 1.82) is 0 Å². The number of benzene rings is 2. The molecule has 0 radical (unpaired) electrons. The van der Waals surface area contributed by atoms with E-state index in [1.807, 2.05) is 93.5 Å². The molecule has 2 aromatic rings. The minimum absolute atomic E-state index is 0.0613. The highest BCUT2D eigenvalue weighted by molar-refractivity contribution is 6.38. The van der Waals surface area contributed by atoms with Gasteiger partial charge in [0.1, 0.15) is 18.7 Å². The second kappa shape index (κ2) is 16.2. The monoisotopic (exact) mass is 524 g/mol. The molecule has 0 aromatic heterocycles. The van der Waals surface area contributed by atoms with Gasteiger partial charge in [-0.05, 0) is 50.5 Å². The van der Waals surface area contributed by atoms with Crippen LogP contribution >= 0.6 is 0 Å². The summed E-state index contributed by atoms with van der Waals surface area (Å²) in [5, 5.41) is 7.98. The largest absolute Gasteiger partial charge is 0.445 e. The summed E-state index contributed by atoms with van der Waals surface area (Å²) in [6, 6.07) is 16.3. The van der Waals surface area contributed by atoms with Crippen molar-refractivity contribution in [3.8, 4) is 0 Å². The number of hydrogen-bond acceptors (Lipinski definition) is 6. The highest BCUT2D eigenvalue weighted by Gasteiger charge is 2.31. The molecule has 9 heteroatoms. The number of carbonyl (C=O) groups is 4. The van der Waals surface area contributed by atoms with Crippen LogP contribution in [0.4, 0.5) is 4.79 Å². The van der Waals surface area contributed by atoms with Crippen LogP contribution in [0.15, 0.2) is 60.7 Å². The van der Waals surface area contributed by atoms with E-state index in [4.69, 9.17) is 4.74 Å². The Balaban J connectivity index is 2.08. The summed E-state index contributed by atoms with van der Waals surface area (Å²) < 4.78 is 5.28. The molecule has 0 saturated carbocycles. The van der Waals surface area contributed by atoms with Crippen LogP contribution in [-0.4, -0.2) is 67.9 Å². The molecule has 0 fully saturated rings. The van der Waals surface area contributed by atoms with Crippen molar-refractivity contribution in [3.63, 3.8) is 0 Å². The first-order valence-corrected chi connectivity index (χ1v) is 12.9. The average Bonchev–Trinajstić information content (AvgIpc) is 2.89. The third-order valence-electron chi connectivity index (χ3n) is 5.74. The van der Waals surface area contributed by atoms with E-state index in [2.05, 4.69) is 16.0 Å². The van der Waals surface area contributed by atoms with Crippen LogP contribution in [0.1, 0.15) is 37.8 Å². The first-order valence-electron chi connectivity index (χ1n) is 12.9. The number of carbonyl (C=O) groups excluding carboxylic acids is 4. The minimum atomic E-state index is -1.09. The fourth-order valence-electron chi connectivity index (χ4n) is 3.78. The molecule has 3 amide bonds. The molecule has 0 aliphatic rings. The molecule has 1 unspecified atom stereocenters. The van der Waals surface area contributed by atoms with Gasteiger partial charge in [0.05, 0.1) is 0 Å². The van der Waals surface area contributed by atoms with Gasteiger partial charge in [0, 0.05) is 13.0 Å². The van der Waals surface area contributed by atoms with Crippen molar-refractivity contribution >= 4 is 23.7 Å². The summed E-state index contributed by atoms with van der Waals surface area (Å²) in [5.74, 6) is -1.96. The summed E-state index contributed by atoms with van der Waals surface area (Å²) in [4.78, 5) is 53.5. The van der Waals surface area contributed by atoms with Gasteiger partial charge >= 0.3 is 6.09 Å². The summed E-state index contributed by atoms with van der Waals surface area (Å²) in [5.41, 5.74) is 1.61. The lowest BCUT2D eigenvalue weighted by Crippen LogP contribution is -2.55. The van der Waals surface area contributed by atoms with Crippen LogP contribution in [0.3, 0.4) is 0 Å². The summed E-state index contributed by atoms with van der Waals surface area (Å²) in [7, 11) is 3.86. The van der Waals surface area contributed by atoms with Crippen LogP contribution in [0.5, 0.6) is 0 Å². The maximum absolute atomic E-state index is 13.3. The first kappa shape index (κ1) is 30.5. The lowest BCUT2D eigenvalue weighted by molar-refractivity contribution is -0.140. The number of ether oxygens (including phenoxy) is 1. The number of nitrogens with zero attached hydrogens (tertiary/aromatic N) is 1. The van der Waals surface area contributed by atoms with Gasteiger partial charge in [-0.25, -0.2) is 4.79 Å². The molecule has 2 aromatic carbocycles. The number of ketones is 1. The van der Waals surface area contributed by atoms with Gasteiger partial charge in [0.15, 0.2) is 0 Å². The van der Waals surface area contributed by atoms with Crippen LogP contribution in [-0.2, 0) is 32.1 Å². The fraction of sp³-hybridized carbons (Fsp3) is 0.448. The maximum Gasteiger partial charge on any atom is 0.408 e. The first-order chi connectivity index (χ1) is 18.2. The van der Waals surface area contributed by atoms with E-state index in [1.54, 1.807) is 0 Å². The van der Waals surface area contributed by atoms with Crippen molar-refractivity contribution in [2.24, 2.45) is 5.92 Å². The molecular weight excluding hydrogens is 484 g/mol. The Kier molecular flexibility index (Phi) is 13.0. The Morgan fingerprint density at radius 1 is 0.842 bits per heavy atom. The molecule has 3 N–H and O–H groups in total. The second-order valence-corrected chi connectivity index (χ2v) is 9.92. The van der Waals surface area contributed by atoms with Crippen molar-refractivity contribution < 1.29 is 23.9 Å². The molecule has 2 atom stereocenters. The number of amides is 3. The summed E-state index contributed by atoms with van der Waals surface area (Å²) in [6.07, 6.45) is 0.422. The Morgan fingerprint density at radius 2 is 1.45 bits per heavy atom. The molecular formula is C29H40N4O5. The van der Waals surface area contributed by atoms with Crippen molar-refractivity contribution in [1.82, 2.24) is 20.9 Å². The van der Waals surface area contributed by atoms with Crippen LogP contribution < -0.4 is 16.0 Å².